The quantitative estimate of drug-likeness (QED) is 0.830. The van der Waals surface area contributed by atoms with Gasteiger partial charge in [0.2, 0.25) is 10.0 Å². The first-order chi connectivity index (χ1) is 13.1. The molecule has 0 atom stereocenters. The number of sulfonamides is 1. The van der Waals surface area contributed by atoms with E-state index in [2.05, 4.69) is 26.1 Å². The highest BCUT2D eigenvalue weighted by atomic mass is 32.2. The van der Waals surface area contributed by atoms with Gasteiger partial charge in [0.15, 0.2) is 0 Å². The number of nitrogens with zero attached hydrogens (tertiary/aromatic N) is 1. The summed E-state index contributed by atoms with van der Waals surface area (Å²) < 4.78 is 26.3. The lowest BCUT2D eigenvalue weighted by atomic mass is 9.87. The van der Waals surface area contributed by atoms with E-state index in [1.54, 1.807) is 13.0 Å². The monoisotopic (exact) mass is 400 g/mol. The first kappa shape index (κ1) is 20.4. The molecule has 1 amide bonds. The summed E-state index contributed by atoms with van der Waals surface area (Å²) in [6, 6.07) is 13.1. The fourth-order valence-electron chi connectivity index (χ4n) is 3.39. The molecule has 0 saturated heterocycles. The van der Waals surface area contributed by atoms with E-state index in [1.807, 2.05) is 36.4 Å². The minimum absolute atomic E-state index is 0.0295. The third kappa shape index (κ3) is 4.22. The number of benzene rings is 2. The Morgan fingerprint density at radius 2 is 1.79 bits per heavy atom. The minimum Gasteiger partial charge on any atom is -0.322 e. The molecule has 5 nitrogen and oxygen atoms in total. The zero-order chi connectivity index (χ0) is 20.5. The highest BCUT2D eigenvalue weighted by Gasteiger charge is 2.26. The lowest BCUT2D eigenvalue weighted by molar-refractivity contribution is 0.102. The lowest BCUT2D eigenvalue weighted by Crippen LogP contribution is -2.36. The summed E-state index contributed by atoms with van der Waals surface area (Å²) in [7, 11) is -3.33. The number of amides is 1. The van der Waals surface area contributed by atoms with Crippen molar-refractivity contribution < 1.29 is 13.2 Å². The Morgan fingerprint density at radius 3 is 2.39 bits per heavy atom. The van der Waals surface area contributed by atoms with Crippen LogP contribution in [0, 0.1) is 0 Å². The summed E-state index contributed by atoms with van der Waals surface area (Å²) in [6.45, 7) is 8.52. The molecule has 0 fully saturated rings. The molecule has 150 valence electrons. The molecule has 1 aliphatic rings. The second kappa shape index (κ2) is 7.59. The van der Waals surface area contributed by atoms with E-state index in [9.17, 15) is 13.2 Å². The van der Waals surface area contributed by atoms with Crippen LogP contribution in [0.25, 0.3) is 0 Å². The zero-order valence-electron chi connectivity index (χ0n) is 17.0. The number of aryl methyl sites for hydroxylation is 1. The van der Waals surface area contributed by atoms with Gasteiger partial charge < -0.3 is 5.32 Å². The Bertz CT molecular complexity index is 974. The molecule has 2 aromatic carbocycles. The van der Waals surface area contributed by atoms with E-state index < -0.39 is 10.0 Å². The zero-order valence-corrected chi connectivity index (χ0v) is 17.8. The van der Waals surface area contributed by atoms with Gasteiger partial charge in [-0.25, -0.2) is 8.42 Å². The van der Waals surface area contributed by atoms with E-state index in [0.717, 1.165) is 18.4 Å². The van der Waals surface area contributed by atoms with Crippen molar-refractivity contribution >= 4 is 27.3 Å². The average Bonchev–Trinajstić information content (AvgIpc) is 2.66. The Kier molecular flexibility index (Phi) is 5.53. The third-order valence-electron chi connectivity index (χ3n) is 5.13. The predicted molar refractivity (Wildman–Crippen MR) is 115 cm³/mol. The number of hydrogen-bond donors (Lipinski definition) is 1. The standard InChI is InChI=1S/C22H28N2O3S/c1-5-28(26,27)24-14-6-7-16-10-13-19(15-20(16)24)23-21(25)17-8-11-18(12-9-17)22(2,3)4/h8-13,15H,5-7,14H2,1-4H3,(H,23,25). The van der Waals surface area contributed by atoms with Crippen LogP contribution in [-0.4, -0.2) is 26.6 Å². The fourth-order valence-corrected chi connectivity index (χ4v) is 4.58. The van der Waals surface area contributed by atoms with Crippen molar-refractivity contribution in [2.24, 2.45) is 0 Å². The molecule has 1 heterocycles. The van der Waals surface area contributed by atoms with Crippen LogP contribution in [0.15, 0.2) is 42.5 Å². The van der Waals surface area contributed by atoms with Gasteiger partial charge in [0, 0.05) is 17.8 Å². The largest absolute Gasteiger partial charge is 0.322 e. The van der Waals surface area contributed by atoms with Gasteiger partial charge in [-0.1, -0.05) is 39.0 Å². The van der Waals surface area contributed by atoms with E-state index in [4.69, 9.17) is 0 Å². The van der Waals surface area contributed by atoms with Gasteiger partial charge in [-0.3, -0.25) is 9.10 Å². The minimum atomic E-state index is -3.33. The van der Waals surface area contributed by atoms with Crippen molar-refractivity contribution in [2.75, 3.05) is 21.9 Å². The summed E-state index contributed by atoms with van der Waals surface area (Å²) in [5.41, 5.74) is 4.04. The van der Waals surface area contributed by atoms with Gasteiger partial charge in [0.25, 0.3) is 5.91 Å². The molecule has 3 rings (SSSR count). The Balaban J connectivity index is 1.84. The van der Waals surface area contributed by atoms with Gasteiger partial charge in [-0.2, -0.15) is 0 Å². The van der Waals surface area contributed by atoms with Crippen LogP contribution in [0.3, 0.4) is 0 Å². The van der Waals surface area contributed by atoms with Crippen LogP contribution in [0.1, 0.15) is 55.6 Å². The van der Waals surface area contributed by atoms with Gasteiger partial charge >= 0.3 is 0 Å². The molecule has 6 heteroatoms. The molecule has 28 heavy (non-hydrogen) atoms. The number of carbonyl (C=O) groups is 1. The van der Waals surface area contributed by atoms with Crippen LogP contribution in [0.4, 0.5) is 11.4 Å². The first-order valence-electron chi connectivity index (χ1n) is 9.67. The molecular formula is C22H28N2O3S. The molecule has 0 aromatic heterocycles. The van der Waals surface area contributed by atoms with E-state index in [-0.39, 0.29) is 17.1 Å². The maximum Gasteiger partial charge on any atom is 0.255 e. The second-order valence-corrected chi connectivity index (χ2v) is 10.4. The lowest BCUT2D eigenvalue weighted by Gasteiger charge is -2.30. The van der Waals surface area contributed by atoms with Crippen LogP contribution in [-0.2, 0) is 21.9 Å². The number of fused-ring (bicyclic) bond motifs is 1. The third-order valence-corrected chi connectivity index (χ3v) is 6.91. The summed E-state index contributed by atoms with van der Waals surface area (Å²) in [4.78, 5) is 12.6. The maximum atomic E-state index is 12.6. The molecule has 0 aliphatic carbocycles. The summed E-state index contributed by atoms with van der Waals surface area (Å²) in [5, 5.41) is 2.90. The average molecular weight is 401 g/mol. The maximum absolute atomic E-state index is 12.6. The number of carbonyl (C=O) groups excluding carboxylic acids is 1. The molecule has 2 aromatic rings. The van der Waals surface area contributed by atoms with Crippen LogP contribution in [0.2, 0.25) is 0 Å². The number of nitrogens with one attached hydrogen (secondary N) is 1. The molecule has 1 N–H and O–H groups in total. The van der Waals surface area contributed by atoms with Gasteiger partial charge in [-0.05, 0) is 60.6 Å². The highest BCUT2D eigenvalue weighted by molar-refractivity contribution is 7.92. The number of anilines is 2. The molecule has 0 unspecified atom stereocenters. The predicted octanol–water partition coefficient (Wildman–Crippen LogP) is 4.34. The smallest absolute Gasteiger partial charge is 0.255 e. The Morgan fingerprint density at radius 1 is 1.11 bits per heavy atom. The van der Waals surface area contributed by atoms with Crippen molar-refractivity contribution in [3.05, 3.63) is 59.2 Å². The van der Waals surface area contributed by atoms with E-state index >= 15 is 0 Å². The van der Waals surface area contributed by atoms with Crippen LogP contribution >= 0.6 is 0 Å². The van der Waals surface area contributed by atoms with Crippen LogP contribution in [0.5, 0.6) is 0 Å². The Hall–Kier alpha value is -2.34. The second-order valence-electron chi connectivity index (χ2n) is 8.20. The molecule has 0 spiro atoms. The van der Waals surface area contributed by atoms with Crippen LogP contribution < -0.4 is 9.62 Å². The SMILES string of the molecule is CCS(=O)(=O)N1CCCc2ccc(NC(=O)c3ccc(C(C)(C)C)cc3)cc21. The Labute approximate surface area is 167 Å². The molecule has 1 aliphatic heterocycles. The van der Waals surface area contributed by atoms with Crippen molar-refractivity contribution in [3.63, 3.8) is 0 Å². The molecule has 0 saturated carbocycles. The van der Waals surface area contributed by atoms with Crippen molar-refractivity contribution in [2.45, 2.75) is 46.0 Å². The van der Waals surface area contributed by atoms with Crippen molar-refractivity contribution in [1.29, 1.82) is 0 Å². The van der Waals surface area contributed by atoms with Crippen molar-refractivity contribution in [3.8, 4) is 0 Å². The molecular weight excluding hydrogens is 372 g/mol. The molecule has 0 bridgehead atoms. The summed E-state index contributed by atoms with van der Waals surface area (Å²) in [6.07, 6.45) is 1.64. The fraction of sp³-hybridized carbons (Fsp3) is 0.409. The normalized spacial score (nSPS) is 14.5. The first-order valence-corrected chi connectivity index (χ1v) is 11.3. The van der Waals surface area contributed by atoms with E-state index in [0.29, 0.717) is 23.5 Å². The molecule has 0 radical (unpaired) electrons. The number of rotatable bonds is 4. The topological polar surface area (TPSA) is 66.5 Å². The van der Waals surface area contributed by atoms with Crippen molar-refractivity contribution in [1.82, 2.24) is 0 Å². The van der Waals surface area contributed by atoms with Gasteiger partial charge in [0.1, 0.15) is 0 Å². The summed E-state index contributed by atoms with van der Waals surface area (Å²) in [5.74, 6) is -0.149. The van der Waals surface area contributed by atoms with E-state index in [1.165, 1.54) is 9.87 Å². The number of hydrogen-bond acceptors (Lipinski definition) is 3. The highest BCUT2D eigenvalue weighted by Crippen LogP contribution is 2.32. The summed E-state index contributed by atoms with van der Waals surface area (Å²) >= 11 is 0. The van der Waals surface area contributed by atoms with Gasteiger partial charge in [0.05, 0.1) is 11.4 Å². The van der Waals surface area contributed by atoms with Gasteiger partial charge in [-0.15, -0.1) is 0 Å².